The molecule has 0 bridgehead atoms. The van der Waals surface area contributed by atoms with Crippen LogP contribution in [0.15, 0.2) is 36.4 Å². The van der Waals surface area contributed by atoms with Crippen molar-refractivity contribution in [2.45, 2.75) is 39.7 Å². The maximum absolute atomic E-state index is 12.1. The first-order chi connectivity index (χ1) is 15.9. The number of ether oxygens (including phenoxy) is 1. The van der Waals surface area contributed by atoms with Crippen LogP contribution in [0.2, 0.25) is 5.02 Å². The molecule has 1 fully saturated rings. The van der Waals surface area contributed by atoms with Crippen molar-refractivity contribution in [1.82, 2.24) is 15.0 Å². The Hall–Kier alpha value is -3.39. The fourth-order valence-electron chi connectivity index (χ4n) is 3.80. The van der Waals surface area contributed by atoms with E-state index in [1.807, 2.05) is 44.2 Å². The lowest BCUT2D eigenvalue weighted by Gasteiger charge is -2.18. The number of nitrogen functional groups attached to an aromatic ring is 1. The molecule has 4 rings (SSSR count). The summed E-state index contributed by atoms with van der Waals surface area (Å²) in [4.78, 5) is 26.7. The van der Waals surface area contributed by atoms with Crippen LogP contribution in [0.3, 0.4) is 0 Å². The van der Waals surface area contributed by atoms with Gasteiger partial charge in [0, 0.05) is 36.3 Å². The number of halogens is 1. The predicted molar refractivity (Wildman–Crippen MR) is 130 cm³/mol. The molecule has 3 aromatic rings. The van der Waals surface area contributed by atoms with E-state index < -0.39 is 0 Å². The van der Waals surface area contributed by atoms with Crippen LogP contribution < -0.4 is 20.7 Å². The third-order valence-corrected chi connectivity index (χ3v) is 5.83. The van der Waals surface area contributed by atoms with E-state index in [1.165, 1.54) is 5.56 Å². The summed E-state index contributed by atoms with van der Waals surface area (Å²) in [6.45, 7) is 5.46. The first kappa shape index (κ1) is 22.8. The molecule has 0 atom stereocenters. The predicted octanol–water partition coefficient (Wildman–Crippen LogP) is 4.08. The number of aryl methyl sites for hydroxylation is 2. The molecule has 0 radical (unpaired) electrons. The number of rotatable bonds is 8. The van der Waals surface area contributed by atoms with Crippen molar-refractivity contribution in [3.8, 4) is 5.75 Å². The van der Waals surface area contributed by atoms with Gasteiger partial charge in [0.25, 0.3) is 0 Å². The van der Waals surface area contributed by atoms with E-state index in [-0.39, 0.29) is 18.5 Å². The third-order valence-electron chi connectivity index (χ3n) is 5.41. The monoisotopic (exact) mass is 466 g/mol. The molecular weight excluding hydrogens is 440 g/mol. The smallest absolute Gasteiger partial charge is 0.227 e. The minimum Gasteiger partial charge on any atom is -0.486 e. The number of carbonyl (C=O) groups excluding carboxylic acids is 1. The summed E-state index contributed by atoms with van der Waals surface area (Å²) < 4.78 is 5.93. The Morgan fingerprint density at radius 2 is 2.00 bits per heavy atom. The zero-order valence-corrected chi connectivity index (χ0v) is 19.5. The first-order valence-electron chi connectivity index (χ1n) is 10.9. The van der Waals surface area contributed by atoms with Gasteiger partial charge in [0.2, 0.25) is 17.8 Å². The van der Waals surface area contributed by atoms with E-state index in [0.717, 1.165) is 41.2 Å². The second-order valence-corrected chi connectivity index (χ2v) is 8.54. The highest BCUT2D eigenvalue weighted by Crippen LogP contribution is 2.27. The van der Waals surface area contributed by atoms with Crippen molar-refractivity contribution in [3.63, 3.8) is 0 Å². The van der Waals surface area contributed by atoms with Crippen molar-refractivity contribution < 1.29 is 9.53 Å². The first-order valence-corrected chi connectivity index (χ1v) is 11.3. The van der Waals surface area contributed by atoms with Crippen molar-refractivity contribution in [3.05, 3.63) is 63.9 Å². The van der Waals surface area contributed by atoms with E-state index in [9.17, 15) is 4.79 Å². The highest BCUT2D eigenvalue weighted by Gasteiger charge is 2.22. The van der Waals surface area contributed by atoms with Gasteiger partial charge in [-0.05, 0) is 61.6 Å². The Morgan fingerprint density at radius 1 is 1.15 bits per heavy atom. The normalized spacial score (nSPS) is 13.4. The second-order valence-electron chi connectivity index (χ2n) is 8.14. The van der Waals surface area contributed by atoms with Crippen LogP contribution in [0.1, 0.15) is 35.4 Å². The number of carbonyl (C=O) groups is 1. The molecule has 9 heteroatoms. The van der Waals surface area contributed by atoms with Gasteiger partial charge in [-0.3, -0.25) is 4.79 Å². The molecule has 1 aromatic heterocycles. The minimum absolute atomic E-state index is 0.126. The number of anilines is 3. The van der Waals surface area contributed by atoms with E-state index in [0.29, 0.717) is 30.5 Å². The number of amides is 1. The summed E-state index contributed by atoms with van der Waals surface area (Å²) in [6.07, 6.45) is 2.25. The Bertz CT molecular complexity index is 1170. The molecule has 1 aliphatic rings. The van der Waals surface area contributed by atoms with Crippen molar-refractivity contribution >= 4 is 35.1 Å². The molecule has 0 saturated carbocycles. The topological polar surface area (TPSA) is 106 Å². The van der Waals surface area contributed by atoms with E-state index >= 15 is 0 Å². The second kappa shape index (κ2) is 10.0. The highest BCUT2D eigenvalue weighted by atomic mass is 35.5. The van der Waals surface area contributed by atoms with Crippen LogP contribution in [0, 0.1) is 13.8 Å². The fourth-order valence-corrected chi connectivity index (χ4v) is 3.92. The zero-order valence-electron chi connectivity index (χ0n) is 18.8. The lowest BCUT2D eigenvalue weighted by Crippen LogP contribution is -2.23. The summed E-state index contributed by atoms with van der Waals surface area (Å²) in [7, 11) is 0. The number of aromatic nitrogens is 3. The molecule has 0 aliphatic carbocycles. The maximum Gasteiger partial charge on any atom is 0.227 e. The van der Waals surface area contributed by atoms with Crippen LogP contribution in [-0.2, 0) is 17.8 Å². The van der Waals surface area contributed by atoms with Gasteiger partial charge in [0.05, 0.1) is 0 Å². The van der Waals surface area contributed by atoms with Crippen molar-refractivity contribution in [2.24, 2.45) is 0 Å². The molecule has 2 aromatic carbocycles. The van der Waals surface area contributed by atoms with E-state index in [1.54, 1.807) is 4.90 Å². The van der Waals surface area contributed by atoms with Crippen LogP contribution in [-0.4, -0.2) is 33.9 Å². The fraction of sp³-hybridized carbons (Fsp3) is 0.333. The summed E-state index contributed by atoms with van der Waals surface area (Å²) >= 11 is 6.09. The molecule has 33 heavy (non-hydrogen) atoms. The summed E-state index contributed by atoms with van der Waals surface area (Å²) in [6, 6.07) is 11.7. The number of hydrogen-bond acceptors (Lipinski definition) is 7. The quantitative estimate of drug-likeness (QED) is 0.515. The lowest BCUT2D eigenvalue weighted by molar-refractivity contribution is -0.117. The van der Waals surface area contributed by atoms with Crippen LogP contribution in [0.5, 0.6) is 5.75 Å². The van der Waals surface area contributed by atoms with Gasteiger partial charge in [-0.25, -0.2) is 0 Å². The average molecular weight is 467 g/mol. The van der Waals surface area contributed by atoms with Gasteiger partial charge < -0.3 is 20.7 Å². The zero-order chi connectivity index (χ0) is 23.4. The van der Waals surface area contributed by atoms with E-state index in [4.69, 9.17) is 22.1 Å². The molecular formula is C24H27ClN6O2. The molecule has 3 N–H and O–H groups in total. The Morgan fingerprint density at radius 3 is 2.76 bits per heavy atom. The van der Waals surface area contributed by atoms with Crippen LogP contribution in [0.4, 0.5) is 17.6 Å². The molecule has 0 unspecified atom stereocenters. The highest BCUT2D eigenvalue weighted by molar-refractivity contribution is 6.31. The minimum atomic E-state index is 0.126. The van der Waals surface area contributed by atoms with Gasteiger partial charge in [0.15, 0.2) is 5.82 Å². The molecule has 1 saturated heterocycles. The number of nitrogens with one attached hydrogen (secondary N) is 1. The summed E-state index contributed by atoms with van der Waals surface area (Å²) in [5, 5.41) is 3.95. The Kier molecular flexibility index (Phi) is 6.93. The SMILES string of the molecule is Cc1cc(OCc2nc(N)nc(NCCc3ccc(Cl)c(C)c3)n2)cc(N2CCCC2=O)c1. The Balaban J connectivity index is 1.38. The van der Waals surface area contributed by atoms with Gasteiger partial charge in [-0.15, -0.1) is 0 Å². The van der Waals surface area contributed by atoms with Gasteiger partial charge in [-0.2, -0.15) is 15.0 Å². The standard InChI is InChI=1S/C24H27ClN6O2/c1-15-10-18(31-9-3-4-22(31)32)13-19(11-15)33-14-21-28-23(26)30-24(29-21)27-8-7-17-5-6-20(25)16(2)12-17/h5-6,10-13H,3-4,7-9,14H2,1-2H3,(H3,26,27,28,29,30). The average Bonchev–Trinajstić information content (AvgIpc) is 3.20. The van der Waals surface area contributed by atoms with Crippen molar-refractivity contribution in [2.75, 3.05) is 29.0 Å². The summed E-state index contributed by atoms with van der Waals surface area (Å²) in [5.74, 6) is 1.74. The van der Waals surface area contributed by atoms with Crippen molar-refractivity contribution in [1.29, 1.82) is 0 Å². The summed E-state index contributed by atoms with van der Waals surface area (Å²) in [5.41, 5.74) is 9.95. The van der Waals surface area contributed by atoms with Gasteiger partial charge in [-0.1, -0.05) is 23.7 Å². The Labute approximate surface area is 198 Å². The molecule has 172 valence electrons. The van der Waals surface area contributed by atoms with E-state index in [2.05, 4.69) is 26.3 Å². The number of nitrogens with two attached hydrogens (primary N) is 1. The lowest BCUT2D eigenvalue weighted by atomic mass is 10.1. The number of nitrogens with zero attached hydrogens (tertiary/aromatic N) is 4. The van der Waals surface area contributed by atoms with Crippen LogP contribution in [0.25, 0.3) is 0 Å². The molecule has 1 amide bonds. The maximum atomic E-state index is 12.1. The van der Waals surface area contributed by atoms with Crippen LogP contribution >= 0.6 is 11.6 Å². The molecule has 0 spiro atoms. The van der Waals surface area contributed by atoms with Gasteiger partial charge in [0.1, 0.15) is 12.4 Å². The molecule has 2 heterocycles. The number of benzene rings is 2. The molecule has 1 aliphatic heterocycles. The molecule has 8 nitrogen and oxygen atoms in total. The van der Waals surface area contributed by atoms with Gasteiger partial charge >= 0.3 is 0 Å². The number of hydrogen-bond donors (Lipinski definition) is 2. The largest absolute Gasteiger partial charge is 0.486 e. The third kappa shape index (κ3) is 5.90.